The quantitative estimate of drug-likeness (QED) is 0.863. The summed E-state index contributed by atoms with van der Waals surface area (Å²) >= 11 is 0. The van der Waals surface area contributed by atoms with Crippen molar-refractivity contribution in [1.29, 1.82) is 0 Å². The lowest BCUT2D eigenvalue weighted by Gasteiger charge is -2.35. The molecule has 1 N–H and O–H groups in total. The Balaban J connectivity index is 1.99. The van der Waals surface area contributed by atoms with E-state index in [2.05, 4.69) is 48.5 Å². The van der Waals surface area contributed by atoms with Gasteiger partial charge in [-0.15, -0.1) is 0 Å². The van der Waals surface area contributed by atoms with E-state index in [0.717, 1.165) is 18.9 Å². The first-order valence-electron chi connectivity index (χ1n) is 6.72. The highest BCUT2D eigenvalue weighted by molar-refractivity contribution is 5.26. The molecule has 1 aliphatic heterocycles. The Morgan fingerprint density at radius 1 is 1.33 bits per heavy atom. The minimum Gasteiger partial charge on any atom is -0.492 e. The van der Waals surface area contributed by atoms with Gasteiger partial charge in [-0.3, -0.25) is 4.90 Å². The van der Waals surface area contributed by atoms with Crippen molar-refractivity contribution in [2.75, 3.05) is 33.8 Å². The van der Waals surface area contributed by atoms with E-state index in [1.807, 2.05) is 7.05 Å². The molecule has 0 radical (unpaired) electrons. The van der Waals surface area contributed by atoms with Gasteiger partial charge >= 0.3 is 0 Å². The van der Waals surface area contributed by atoms with Gasteiger partial charge < -0.3 is 10.1 Å². The molecule has 0 bridgehead atoms. The van der Waals surface area contributed by atoms with Crippen molar-refractivity contribution >= 4 is 0 Å². The van der Waals surface area contributed by atoms with Crippen LogP contribution in [-0.4, -0.2) is 44.2 Å². The number of ether oxygens (including phenoxy) is 1. The average Bonchev–Trinajstić information content (AvgIpc) is 2.71. The third-order valence-electron chi connectivity index (χ3n) is 3.98. The number of nitrogens with zero attached hydrogens (tertiary/aromatic N) is 1. The molecule has 0 amide bonds. The lowest BCUT2D eigenvalue weighted by molar-refractivity contribution is 0.0976. The van der Waals surface area contributed by atoms with Crippen LogP contribution in [0.15, 0.2) is 24.3 Å². The SMILES string of the molecule is CNCC1(COc2ccc(C)cc2)CCCN1C. The lowest BCUT2D eigenvalue weighted by atomic mass is 9.97. The number of hydrogen-bond donors (Lipinski definition) is 1. The molecule has 0 spiro atoms. The first kappa shape index (κ1) is 13.4. The zero-order valence-electron chi connectivity index (χ0n) is 11.7. The van der Waals surface area contributed by atoms with Gasteiger partial charge in [0.15, 0.2) is 0 Å². The molecule has 2 rings (SSSR count). The fourth-order valence-electron chi connectivity index (χ4n) is 2.71. The summed E-state index contributed by atoms with van der Waals surface area (Å²) in [5, 5.41) is 3.30. The second-order valence-corrected chi connectivity index (χ2v) is 5.38. The number of nitrogens with one attached hydrogen (secondary N) is 1. The fourth-order valence-corrected chi connectivity index (χ4v) is 2.71. The van der Waals surface area contributed by atoms with Crippen LogP contribution in [0.4, 0.5) is 0 Å². The Hall–Kier alpha value is -1.06. The monoisotopic (exact) mass is 248 g/mol. The van der Waals surface area contributed by atoms with Crippen LogP contribution in [0, 0.1) is 6.92 Å². The molecule has 1 saturated heterocycles. The summed E-state index contributed by atoms with van der Waals surface area (Å²) in [6.45, 7) is 5.00. The highest BCUT2D eigenvalue weighted by Crippen LogP contribution is 2.28. The van der Waals surface area contributed by atoms with Crippen LogP contribution in [0.25, 0.3) is 0 Å². The number of likely N-dealkylation sites (N-methyl/N-ethyl adjacent to an activating group) is 2. The van der Waals surface area contributed by atoms with Gasteiger partial charge in [0.25, 0.3) is 0 Å². The van der Waals surface area contributed by atoms with Crippen LogP contribution in [-0.2, 0) is 0 Å². The molecule has 100 valence electrons. The molecule has 0 aliphatic carbocycles. The third kappa shape index (κ3) is 2.85. The molecule has 1 fully saturated rings. The molecule has 1 aromatic rings. The van der Waals surface area contributed by atoms with Crippen LogP contribution in [0.2, 0.25) is 0 Å². The number of hydrogen-bond acceptors (Lipinski definition) is 3. The van der Waals surface area contributed by atoms with Crippen LogP contribution in [0.1, 0.15) is 18.4 Å². The Labute approximate surface area is 110 Å². The maximum absolute atomic E-state index is 5.99. The Kier molecular flexibility index (Phi) is 4.25. The predicted octanol–water partition coefficient (Wildman–Crippen LogP) is 2.06. The third-order valence-corrected chi connectivity index (χ3v) is 3.98. The molecule has 1 aliphatic rings. The van der Waals surface area contributed by atoms with Gasteiger partial charge in [-0.2, -0.15) is 0 Å². The second kappa shape index (κ2) is 5.72. The minimum absolute atomic E-state index is 0.152. The Morgan fingerprint density at radius 2 is 2.06 bits per heavy atom. The standard InChI is InChI=1S/C15H24N2O/c1-13-5-7-14(8-6-13)18-12-15(11-16-2)9-4-10-17(15)3/h5-8,16H,4,9-12H2,1-3H3. The van der Waals surface area contributed by atoms with Crippen LogP contribution < -0.4 is 10.1 Å². The molecular formula is C15H24N2O. The molecule has 1 unspecified atom stereocenters. The van der Waals surface area contributed by atoms with E-state index >= 15 is 0 Å². The first-order valence-corrected chi connectivity index (χ1v) is 6.72. The zero-order valence-corrected chi connectivity index (χ0v) is 11.7. The van der Waals surface area contributed by atoms with E-state index in [-0.39, 0.29) is 5.54 Å². The first-order chi connectivity index (χ1) is 8.66. The van der Waals surface area contributed by atoms with Gasteiger partial charge in [0.05, 0.1) is 5.54 Å². The molecular weight excluding hydrogens is 224 g/mol. The van der Waals surface area contributed by atoms with Gasteiger partial charge in [0.2, 0.25) is 0 Å². The van der Waals surface area contributed by atoms with Crippen molar-refractivity contribution in [1.82, 2.24) is 10.2 Å². The van der Waals surface area contributed by atoms with E-state index < -0.39 is 0 Å². The largest absolute Gasteiger partial charge is 0.492 e. The van der Waals surface area contributed by atoms with Crippen molar-refractivity contribution in [3.8, 4) is 5.75 Å². The molecule has 3 nitrogen and oxygen atoms in total. The highest BCUT2D eigenvalue weighted by atomic mass is 16.5. The van der Waals surface area contributed by atoms with Gasteiger partial charge in [0.1, 0.15) is 12.4 Å². The molecule has 1 aromatic carbocycles. The summed E-state index contributed by atoms with van der Waals surface area (Å²) < 4.78 is 5.99. The van der Waals surface area contributed by atoms with Gasteiger partial charge in [-0.1, -0.05) is 17.7 Å². The van der Waals surface area contributed by atoms with Crippen molar-refractivity contribution in [2.45, 2.75) is 25.3 Å². The number of likely N-dealkylation sites (tertiary alicyclic amines) is 1. The minimum atomic E-state index is 0.152. The summed E-state index contributed by atoms with van der Waals surface area (Å²) in [5.74, 6) is 0.969. The van der Waals surface area contributed by atoms with Crippen LogP contribution >= 0.6 is 0 Å². The summed E-state index contributed by atoms with van der Waals surface area (Å²) in [6, 6.07) is 8.30. The summed E-state index contributed by atoms with van der Waals surface area (Å²) in [4.78, 5) is 2.43. The zero-order chi connectivity index (χ0) is 13.0. The molecule has 0 saturated carbocycles. The Bertz CT molecular complexity index is 377. The fraction of sp³-hybridized carbons (Fsp3) is 0.600. The van der Waals surface area contributed by atoms with Crippen molar-refractivity contribution in [2.24, 2.45) is 0 Å². The molecule has 0 aromatic heterocycles. The summed E-state index contributed by atoms with van der Waals surface area (Å²) in [6.07, 6.45) is 2.46. The average molecular weight is 248 g/mol. The van der Waals surface area contributed by atoms with Crippen molar-refractivity contribution in [3.63, 3.8) is 0 Å². The van der Waals surface area contributed by atoms with E-state index in [9.17, 15) is 0 Å². The van der Waals surface area contributed by atoms with Gasteiger partial charge in [-0.25, -0.2) is 0 Å². The Morgan fingerprint density at radius 3 is 2.61 bits per heavy atom. The van der Waals surface area contributed by atoms with Crippen molar-refractivity contribution < 1.29 is 4.74 Å². The molecule has 1 heterocycles. The molecule has 1 atom stereocenters. The van der Waals surface area contributed by atoms with E-state index in [1.165, 1.54) is 24.9 Å². The molecule has 18 heavy (non-hydrogen) atoms. The normalized spacial score (nSPS) is 24.4. The summed E-state index contributed by atoms with van der Waals surface area (Å²) in [5.41, 5.74) is 1.42. The summed E-state index contributed by atoms with van der Waals surface area (Å²) in [7, 11) is 4.21. The second-order valence-electron chi connectivity index (χ2n) is 5.38. The highest BCUT2D eigenvalue weighted by Gasteiger charge is 2.38. The lowest BCUT2D eigenvalue weighted by Crippen LogP contribution is -2.52. The number of benzene rings is 1. The van der Waals surface area contributed by atoms with Crippen LogP contribution in [0.5, 0.6) is 5.75 Å². The van der Waals surface area contributed by atoms with E-state index in [0.29, 0.717) is 0 Å². The van der Waals surface area contributed by atoms with Gasteiger partial charge in [0, 0.05) is 6.54 Å². The molecule has 3 heteroatoms. The van der Waals surface area contributed by atoms with E-state index in [4.69, 9.17) is 4.74 Å². The van der Waals surface area contributed by atoms with Gasteiger partial charge in [-0.05, 0) is 52.5 Å². The maximum atomic E-state index is 5.99. The maximum Gasteiger partial charge on any atom is 0.119 e. The number of rotatable bonds is 5. The smallest absolute Gasteiger partial charge is 0.119 e. The predicted molar refractivity (Wildman–Crippen MR) is 75.2 cm³/mol. The van der Waals surface area contributed by atoms with Crippen molar-refractivity contribution in [3.05, 3.63) is 29.8 Å². The number of aryl methyl sites for hydroxylation is 1. The topological polar surface area (TPSA) is 24.5 Å². The van der Waals surface area contributed by atoms with E-state index in [1.54, 1.807) is 0 Å². The van der Waals surface area contributed by atoms with Crippen LogP contribution in [0.3, 0.4) is 0 Å².